The van der Waals surface area contributed by atoms with Crippen molar-refractivity contribution in [2.75, 3.05) is 16.8 Å². The van der Waals surface area contributed by atoms with Crippen LogP contribution in [0.25, 0.3) is 0 Å². The molecule has 1 aliphatic heterocycles. The minimum atomic E-state index is 0.0634. The monoisotopic (exact) mass is 348 g/mol. The van der Waals surface area contributed by atoms with Crippen molar-refractivity contribution in [3.8, 4) is 0 Å². The summed E-state index contributed by atoms with van der Waals surface area (Å²) in [5.41, 5.74) is 0.904. The van der Waals surface area contributed by atoms with Gasteiger partial charge in [-0.2, -0.15) is 0 Å². The number of piperidine rings is 1. The molecule has 26 heavy (non-hydrogen) atoms. The predicted octanol–water partition coefficient (Wildman–Crippen LogP) is 2.84. The Morgan fingerprint density at radius 2 is 1.88 bits per heavy atom. The number of nitrogens with one attached hydrogen (secondary N) is 1. The highest BCUT2D eigenvalue weighted by molar-refractivity contribution is 5.50. The molecule has 0 bridgehead atoms. The van der Waals surface area contributed by atoms with E-state index in [1.54, 1.807) is 31.0 Å². The van der Waals surface area contributed by atoms with E-state index in [0.717, 1.165) is 43.3 Å². The Labute approximate surface area is 151 Å². The second-order valence-electron chi connectivity index (χ2n) is 6.22. The Kier molecular flexibility index (Phi) is 4.63. The fraction of sp³-hybridized carbons (Fsp3) is 0.333. The van der Waals surface area contributed by atoms with Gasteiger partial charge in [-0.1, -0.05) is 0 Å². The summed E-state index contributed by atoms with van der Waals surface area (Å²) in [4.78, 5) is 28.8. The van der Waals surface area contributed by atoms with Crippen LogP contribution in [0.2, 0.25) is 0 Å². The van der Waals surface area contributed by atoms with Crippen LogP contribution >= 0.6 is 0 Å². The molecule has 132 valence electrons. The van der Waals surface area contributed by atoms with Crippen LogP contribution in [0.3, 0.4) is 0 Å². The van der Waals surface area contributed by atoms with Crippen molar-refractivity contribution in [3.63, 3.8) is 0 Å². The van der Waals surface area contributed by atoms with Gasteiger partial charge in [0, 0.05) is 43.1 Å². The van der Waals surface area contributed by atoms with Crippen molar-refractivity contribution in [1.82, 2.24) is 29.9 Å². The lowest BCUT2D eigenvalue weighted by molar-refractivity contribution is 0.449. The molecule has 1 atom stereocenters. The lowest BCUT2D eigenvalue weighted by Crippen LogP contribution is -2.35. The second kappa shape index (κ2) is 7.38. The molecule has 8 heteroatoms. The SMILES string of the molecule is Cc1cc(Nc2cnccn2)nc(C2CCCCN2c2ncccn2)n1. The summed E-state index contributed by atoms with van der Waals surface area (Å²) >= 11 is 0. The highest BCUT2D eigenvalue weighted by atomic mass is 15.3. The summed E-state index contributed by atoms with van der Waals surface area (Å²) < 4.78 is 0. The van der Waals surface area contributed by atoms with E-state index in [0.29, 0.717) is 11.6 Å². The zero-order chi connectivity index (χ0) is 17.8. The lowest BCUT2D eigenvalue weighted by Gasteiger charge is -2.34. The Balaban J connectivity index is 1.65. The van der Waals surface area contributed by atoms with E-state index >= 15 is 0 Å². The van der Waals surface area contributed by atoms with Crippen LogP contribution in [0.5, 0.6) is 0 Å². The average molecular weight is 348 g/mol. The van der Waals surface area contributed by atoms with E-state index in [4.69, 9.17) is 9.97 Å². The Hall–Kier alpha value is -3.16. The molecule has 1 N–H and O–H groups in total. The summed E-state index contributed by atoms with van der Waals surface area (Å²) in [6.07, 6.45) is 11.7. The maximum atomic E-state index is 4.74. The lowest BCUT2D eigenvalue weighted by atomic mass is 10.0. The van der Waals surface area contributed by atoms with Crippen molar-refractivity contribution in [1.29, 1.82) is 0 Å². The van der Waals surface area contributed by atoms with Gasteiger partial charge < -0.3 is 10.2 Å². The molecule has 8 nitrogen and oxygen atoms in total. The number of anilines is 3. The van der Waals surface area contributed by atoms with Gasteiger partial charge >= 0.3 is 0 Å². The normalized spacial score (nSPS) is 17.1. The van der Waals surface area contributed by atoms with Crippen LogP contribution in [0.15, 0.2) is 43.1 Å². The number of aromatic nitrogens is 6. The van der Waals surface area contributed by atoms with Crippen molar-refractivity contribution in [2.24, 2.45) is 0 Å². The molecule has 0 spiro atoms. The zero-order valence-electron chi connectivity index (χ0n) is 14.6. The highest BCUT2D eigenvalue weighted by Gasteiger charge is 2.28. The third-order valence-electron chi connectivity index (χ3n) is 4.30. The average Bonchev–Trinajstić information content (AvgIpc) is 2.69. The summed E-state index contributed by atoms with van der Waals surface area (Å²) in [7, 11) is 0. The molecule has 1 fully saturated rings. The Morgan fingerprint density at radius 1 is 1.00 bits per heavy atom. The van der Waals surface area contributed by atoms with Gasteiger partial charge in [0.25, 0.3) is 0 Å². The molecule has 4 rings (SSSR count). The molecular weight excluding hydrogens is 328 g/mol. The van der Waals surface area contributed by atoms with Crippen LogP contribution in [-0.4, -0.2) is 36.4 Å². The first kappa shape index (κ1) is 16.3. The molecule has 0 radical (unpaired) electrons. The molecular formula is C18H20N8. The Bertz CT molecular complexity index is 856. The smallest absolute Gasteiger partial charge is 0.225 e. The van der Waals surface area contributed by atoms with Gasteiger partial charge in [0.2, 0.25) is 5.95 Å². The molecule has 0 amide bonds. The molecule has 1 saturated heterocycles. The van der Waals surface area contributed by atoms with Crippen LogP contribution in [0.1, 0.15) is 36.8 Å². The van der Waals surface area contributed by atoms with Gasteiger partial charge in [-0.15, -0.1) is 0 Å². The van der Waals surface area contributed by atoms with Crippen molar-refractivity contribution < 1.29 is 0 Å². The van der Waals surface area contributed by atoms with Crippen LogP contribution in [0.4, 0.5) is 17.6 Å². The van der Waals surface area contributed by atoms with Gasteiger partial charge in [0.1, 0.15) is 11.6 Å². The third kappa shape index (κ3) is 3.58. The maximum absolute atomic E-state index is 4.74. The summed E-state index contributed by atoms with van der Waals surface area (Å²) in [6, 6.07) is 3.80. The zero-order valence-corrected chi connectivity index (χ0v) is 14.6. The number of aryl methyl sites for hydroxylation is 1. The molecule has 0 saturated carbocycles. The van der Waals surface area contributed by atoms with Crippen LogP contribution in [-0.2, 0) is 0 Å². The fourth-order valence-electron chi connectivity index (χ4n) is 3.18. The molecule has 3 aromatic heterocycles. The first-order valence-corrected chi connectivity index (χ1v) is 8.72. The van der Waals surface area contributed by atoms with Gasteiger partial charge in [-0.3, -0.25) is 4.98 Å². The van der Waals surface area contributed by atoms with Gasteiger partial charge in [0.15, 0.2) is 5.82 Å². The van der Waals surface area contributed by atoms with E-state index in [2.05, 4.69) is 30.2 Å². The van der Waals surface area contributed by atoms with Crippen molar-refractivity contribution >= 4 is 17.6 Å². The topological polar surface area (TPSA) is 92.6 Å². The minimum absolute atomic E-state index is 0.0634. The quantitative estimate of drug-likeness (QED) is 0.769. The fourth-order valence-corrected chi connectivity index (χ4v) is 3.18. The van der Waals surface area contributed by atoms with E-state index in [9.17, 15) is 0 Å². The van der Waals surface area contributed by atoms with E-state index in [1.807, 2.05) is 19.1 Å². The number of hydrogen-bond acceptors (Lipinski definition) is 8. The van der Waals surface area contributed by atoms with E-state index < -0.39 is 0 Å². The summed E-state index contributed by atoms with van der Waals surface area (Å²) in [5, 5.41) is 3.20. The van der Waals surface area contributed by atoms with Crippen molar-refractivity contribution in [3.05, 3.63) is 54.6 Å². The highest BCUT2D eigenvalue weighted by Crippen LogP contribution is 2.32. The minimum Gasteiger partial charge on any atom is -0.331 e. The first-order valence-electron chi connectivity index (χ1n) is 8.72. The molecule has 0 aromatic carbocycles. The van der Waals surface area contributed by atoms with Gasteiger partial charge in [-0.05, 0) is 32.3 Å². The van der Waals surface area contributed by atoms with Crippen molar-refractivity contribution in [2.45, 2.75) is 32.2 Å². The number of nitrogens with zero attached hydrogens (tertiary/aromatic N) is 7. The molecule has 1 unspecified atom stereocenters. The number of rotatable bonds is 4. The van der Waals surface area contributed by atoms with Crippen LogP contribution < -0.4 is 10.2 Å². The molecule has 3 aromatic rings. The summed E-state index contributed by atoms with van der Waals surface area (Å²) in [6.45, 7) is 2.87. The van der Waals surface area contributed by atoms with Crippen LogP contribution in [0, 0.1) is 6.92 Å². The molecule has 0 aliphatic carbocycles. The number of hydrogen-bond donors (Lipinski definition) is 1. The molecule has 4 heterocycles. The largest absolute Gasteiger partial charge is 0.331 e. The maximum Gasteiger partial charge on any atom is 0.225 e. The molecule has 1 aliphatic rings. The van der Waals surface area contributed by atoms with Gasteiger partial charge in [0.05, 0.1) is 12.2 Å². The van der Waals surface area contributed by atoms with E-state index in [1.165, 1.54) is 0 Å². The van der Waals surface area contributed by atoms with Gasteiger partial charge in [-0.25, -0.2) is 24.9 Å². The second-order valence-corrected chi connectivity index (χ2v) is 6.22. The summed E-state index contributed by atoms with van der Waals surface area (Å²) in [5.74, 6) is 2.88. The predicted molar refractivity (Wildman–Crippen MR) is 98.1 cm³/mol. The standard InChI is InChI=1S/C18H20N8/c1-13-11-15(24-16-12-19-8-9-20-16)25-17(23-13)14-5-2-3-10-26(14)18-21-6-4-7-22-18/h4,6-9,11-12,14H,2-3,5,10H2,1H3,(H,20,23,24,25). The Morgan fingerprint density at radius 3 is 2.69 bits per heavy atom. The third-order valence-corrected chi connectivity index (χ3v) is 4.30. The first-order chi connectivity index (χ1) is 12.8. The van der Waals surface area contributed by atoms with E-state index in [-0.39, 0.29) is 6.04 Å².